The van der Waals surface area contributed by atoms with E-state index < -0.39 is 0 Å². The van der Waals surface area contributed by atoms with Crippen LogP contribution in [0.15, 0.2) is 48.5 Å². The van der Waals surface area contributed by atoms with Crippen LogP contribution in [0.1, 0.15) is 22.8 Å². The Hall–Kier alpha value is -2.91. The van der Waals surface area contributed by atoms with Crippen LogP contribution in [0.5, 0.6) is 0 Å². The van der Waals surface area contributed by atoms with Crippen molar-refractivity contribution in [2.75, 3.05) is 0 Å². The van der Waals surface area contributed by atoms with Crippen molar-refractivity contribution in [1.29, 1.82) is 0 Å². The predicted molar refractivity (Wildman–Crippen MR) is 97.9 cm³/mol. The van der Waals surface area contributed by atoms with Crippen LogP contribution in [0, 0.1) is 0 Å². The number of nitrogens with one attached hydrogen (secondary N) is 1. The zero-order valence-electron chi connectivity index (χ0n) is 13.1. The van der Waals surface area contributed by atoms with E-state index in [9.17, 15) is 0 Å². The van der Waals surface area contributed by atoms with Crippen LogP contribution in [0.2, 0.25) is 0 Å². The van der Waals surface area contributed by atoms with Gasteiger partial charge in [-0.05, 0) is 0 Å². The van der Waals surface area contributed by atoms with Gasteiger partial charge in [0, 0.05) is 0 Å². The first-order valence-electron chi connectivity index (χ1n) is 7.94. The standard InChI is InChI=1S/C20H13N4.Ni/c1-2-14-10-16-5-6-18(23-16)12-20-8-7-19(24-20)11-17-4-3-15(22-17)9-13(1)21-14;/h1-12,21H;/q-1;+1. The van der Waals surface area contributed by atoms with E-state index in [-0.39, 0.29) is 0 Å². The van der Waals surface area contributed by atoms with Crippen molar-refractivity contribution in [3.05, 3.63) is 71.3 Å². The van der Waals surface area contributed by atoms with Gasteiger partial charge in [-0.15, -0.1) is 0 Å². The molecule has 0 aromatic carbocycles. The van der Waals surface area contributed by atoms with Gasteiger partial charge in [0.25, 0.3) is 0 Å². The molecule has 0 fully saturated rings. The van der Waals surface area contributed by atoms with Crippen molar-refractivity contribution in [3.63, 3.8) is 0 Å². The molecular weight excluding hydrogens is 355 g/mol. The van der Waals surface area contributed by atoms with E-state index in [0.717, 1.165) is 44.8 Å². The molecule has 1 N–H and O–H groups in total. The molecule has 5 heterocycles. The Kier molecular flexibility index (Phi) is 3.22. The van der Waals surface area contributed by atoms with Gasteiger partial charge in [0.15, 0.2) is 0 Å². The number of nitrogens with zero attached hydrogens (tertiary/aromatic N) is 3. The zero-order chi connectivity index (χ0) is 16.8. The second-order valence-electron chi connectivity index (χ2n) is 5.97. The second kappa shape index (κ2) is 5.57. The number of rotatable bonds is 0. The maximum atomic E-state index is 5.18. The summed E-state index contributed by atoms with van der Waals surface area (Å²) in [4.78, 5) is 12.7. The van der Waals surface area contributed by atoms with E-state index in [1.165, 1.54) is 0 Å². The first-order chi connectivity index (χ1) is 12.2. The minimum atomic E-state index is 0.897. The van der Waals surface area contributed by atoms with Gasteiger partial charge in [-0.2, -0.15) is 0 Å². The minimum absolute atomic E-state index is 0.897. The van der Waals surface area contributed by atoms with E-state index in [1.807, 2.05) is 72.8 Å². The van der Waals surface area contributed by atoms with Gasteiger partial charge >= 0.3 is 152 Å². The summed E-state index contributed by atoms with van der Waals surface area (Å²) in [5.41, 5.74) is 7.54. The molecular formula is C20H13N4Ni. The number of fused-ring (bicyclic) bond motifs is 8. The first-order valence-corrected chi connectivity index (χ1v) is 8.38. The Morgan fingerprint density at radius 1 is 0.640 bits per heavy atom. The fourth-order valence-electron chi connectivity index (χ4n) is 2.97. The number of hydrogen-bond donors (Lipinski definition) is 1. The van der Waals surface area contributed by atoms with E-state index in [0.29, 0.717) is 0 Å². The normalized spacial score (nSPS) is 12.7. The Bertz CT molecular complexity index is 1120. The molecule has 0 radical (unpaired) electrons. The van der Waals surface area contributed by atoms with Gasteiger partial charge in [0.1, 0.15) is 0 Å². The SMILES string of the molecule is [Ni][n]1c2ccc1cc1nc(cc3ccc(cc4nc(c2)C=C4)[nH]3)C=C1. The molecule has 8 bridgehead atoms. The fourth-order valence-corrected chi connectivity index (χ4v) is 3.25. The van der Waals surface area contributed by atoms with E-state index in [1.54, 1.807) is 3.65 Å². The number of aromatic nitrogens is 4. The molecule has 3 aromatic rings. The Balaban J connectivity index is 1.88. The topological polar surface area (TPSA) is 46.5 Å². The summed E-state index contributed by atoms with van der Waals surface area (Å²) < 4.78 is 1.78. The van der Waals surface area contributed by atoms with E-state index in [2.05, 4.69) is 15.0 Å². The third-order valence-corrected chi connectivity index (χ3v) is 4.65. The Labute approximate surface area is 152 Å². The monoisotopic (exact) mass is 367 g/mol. The summed E-state index contributed by atoms with van der Waals surface area (Å²) in [6, 6.07) is 16.2. The van der Waals surface area contributed by atoms with E-state index in [4.69, 9.17) is 15.7 Å². The third-order valence-electron chi connectivity index (χ3n) is 4.14. The van der Waals surface area contributed by atoms with Crippen molar-refractivity contribution < 1.29 is 15.7 Å². The van der Waals surface area contributed by atoms with Crippen molar-refractivity contribution in [2.45, 2.75) is 0 Å². The summed E-state index contributed by atoms with van der Waals surface area (Å²) in [6.07, 6.45) is 8.01. The average molecular weight is 368 g/mol. The summed E-state index contributed by atoms with van der Waals surface area (Å²) in [7, 11) is 0. The molecule has 0 saturated carbocycles. The maximum absolute atomic E-state index is 5.18. The zero-order valence-corrected chi connectivity index (χ0v) is 14.1. The van der Waals surface area contributed by atoms with Crippen LogP contribution < -0.4 is 0 Å². The summed E-state index contributed by atoms with van der Waals surface area (Å²) in [5.74, 6) is 0. The first kappa shape index (κ1) is 14.4. The molecule has 3 aromatic heterocycles. The van der Waals surface area contributed by atoms with Gasteiger partial charge < -0.3 is 0 Å². The molecule has 0 aliphatic carbocycles. The van der Waals surface area contributed by atoms with Crippen molar-refractivity contribution >= 4 is 46.4 Å². The molecule has 4 nitrogen and oxygen atoms in total. The molecule has 25 heavy (non-hydrogen) atoms. The Morgan fingerprint density at radius 3 is 1.56 bits per heavy atom. The van der Waals surface area contributed by atoms with Gasteiger partial charge in [0.05, 0.1) is 0 Å². The van der Waals surface area contributed by atoms with Crippen molar-refractivity contribution in [3.8, 4) is 0 Å². The summed E-state index contributed by atoms with van der Waals surface area (Å²) in [5, 5.41) is 0. The number of hydrogen-bond acceptors (Lipinski definition) is 2. The molecule has 0 saturated heterocycles. The van der Waals surface area contributed by atoms with Crippen LogP contribution in [0.4, 0.5) is 0 Å². The van der Waals surface area contributed by atoms with Gasteiger partial charge in [-0.3, -0.25) is 0 Å². The van der Waals surface area contributed by atoms with Crippen LogP contribution in [0.3, 0.4) is 0 Å². The van der Waals surface area contributed by atoms with Gasteiger partial charge in [0.2, 0.25) is 0 Å². The van der Waals surface area contributed by atoms with Crippen molar-refractivity contribution in [1.82, 2.24) is 18.6 Å². The molecule has 5 rings (SSSR count). The fraction of sp³-hybridized carbons (Fsp3) is 0. The second-order valence-corrected chi connectivity index (χ2v) is 6.41. The summed E-state index contributed by atoms with van der Waals surface area (Å²) >= 11 is 5.18. The predicted octanol–water partition coefficient (Wildman–Crippen LogP) is 4.44. The van der Waals surface area contributed by atoms with Crippen LogP contribution in [0.25, 0.3) is 46.4 Å². The van der Waals surface area contributed by atoms with Crippen LogP contribution in [-0.2, 0) is 15.7 Å². The molecule has 123 valence electrons. The summed E-state index contributed by atoms with van der Waals surface area (Å²) in [6.45, 7) is 0. The van der Waals surface area contributed by atoms with Gasteiger partial charge in [-0.25, -0.2) is 0 Å². The molecule has 0 unspecified atom stereocenters. The van der Waals surface area contributed by atoms with Gasteiger partial charge in [-0.1, -0.05) is 0 Å². The quantitative estimate of drug-likeness (QED) is 0.411. The number of H-pyrrole nitrogens is 1. The molecule has 5 heteroatoms. The molecule has 0 amide bonds. The number of aromatic amines is 1. The van der Waals surface area contributed by atoms with Crippen LogP contribution >= 0.6 is 0 Å². The molecule has 0 atom stereocenters. The average Bonchev–Trinajstić information content (AvgIpc) is 3.36. The molecule has 2 aliphatic heterocycles. The molecule has 0 spiro atoms. The molecule has 2 aliphatic rings. The van der Waals surface area contributed by atoms with E-state index >= 15 is 0 Å². The third kappa shape index (κ3) is 2.73. The van der Waals surface area contributed by atoms with Crippen molar-refractivity contribution in [2.24, 2.45) is 0 Å². The van der Waals surface area contributed by atoms with Crippen LogP contribution in [-0.4, -0.2) is 18.6 Å². The Morgan fingerprint density at radius 2 is 1.08 bits per heavy atom.